The molecule has 0 aliphatic carbocycles. The van der Waals surface area contributed by atoms with E-state index in [-0.39, 0.29) is 5.75 Å². The molecule has 0 aliphatic rings. The fourth-order valence-electron chi connectivity index (χ4n) is 0.826. The van der Waals surface area contributed by atoms with Crippen molar-refractivity contribution in [2.75, 3.05) is 0 Å². The normalized spacial score (nSPS) is 11.2. The lowest BCUT2D eigenvalue weighted by molar-refractivity contribution is -0.130. The first kappa shape index (κ1) is 10.4. The molecule has 2 nitrogen and oxygen atoms in total. The van der Waals surface area contributed by atoms with Crippen molar-refractivity contribution in [3.63, 3.8) is 0 Å². The Morgan fingerprint density at radius 2 is 2.07 bits per heavy atom. The summed E-state index contributed by atoms with van der Waals surface area (Å²) in [6.45, 7) is 3.33. The summed E-state index contributed by atoms with van der Waals surface area (Å²) >= 11 is 0. The molecule has 74 valence electrons. The standard InChI is InChI=1S/C11H11FO2/c1-3-8(2)11(13)14-10-7-5-4-6-9(10)12/h3-7H,1-2H3. The first-order valence-electron chi connectivity index (χ1n) is 4.24. The molecule has 0 radical (unpaired) electrons. The van der Waals surface area contributed by atoms with Gasteiger partial charge in [-0.1, -0.05) is 18.2 Å². The highest BCUT2D eigenvalue weighted by Crippen LogP contribution is 2.16. The van der Waals surface area contributed by atoms with E-state index in [0.717, 1.165) is 0 Å². The van der Waals surface area contributed by atoms with Crippen molar-refractivity contribution in [3.8, 4) is 5.75 Å². The maximum Gasteiger partial charge on any atom is 0.338 e. The average molecular weight is 194 g/mol. The molecule has 1 aromatic rings. The lowest BCUT2D eigenvalue weighted by atomic mass is 10.3. The average Bonchev–Trinajstić information content (AvgIpc) is 2.20. The number of hydrogen-bond donors (Lipinski definition) is 0. The van der Waals surface area contributed by atoms with Crippen LogP contribution >= 0.6 is 0 Å². The molecule has 0 unspecified atom stereocenters. The molecule has 0 saturated heterocycles. The summed E-state index contributed by atoms with van der Waals surface area (Å²) in [7, 11) is 0. The Morgan fingerprint density at radius 3 is 2.64 bits per heavy atom. The number of carbonyl (C=O) groups is 1. The van der Waals surface area contributed by atoms with Gasteiger partial charge in [0.1, 0.15) is 0 Å². The highest BCUT2D eigenvalue weighted by molar-refractivity contribution is 5.89. The van der Waals surface area contributed by atoms with Crippen molar-refractivity contribution in [2.45, 2.75) is 13.8 Å². The highest BCUT2D eigenvalue weighted by atomic mass is 19.1. The van der Waals surface area contributed by atoms with Gasteiger partial charge >= 0.3 is 5.97 Å². The third-order valence-corrected chi connectivity index (χ3v) is 1.79. The van der Waals surface area contributed by atoms with Crippen LogP contribution in [0.2, 0.25) is 0 Å². The summed E-state index contributed by atoms with van der Waals surface area (Å²) < 4.78 is 17.8. The smallest absolute Gasteiger partial charge is 0.338 e. The number of ether oxygens (including phenoxy) is 1. The maximum absolute atomic E-state index is 13.0. The number of halogens is 1. The van der Waals surface area contributed by atoms with Crippen molar-refractivity contribution in [1.82, 2.24) is 0 Å². The van der Waals surface area contributed by atoms with Gasteiger partial charge in [-0.15, -0.1) is 0 Å². The second-order valence-corrected chi connectivity index (χ2v) is 2.79. The van der Waals surface area contributed by atoms with E-state index >= 15 is 0 Å². The summed E-state index contributed by atoms with van der Waals surface area (Å²) in [6.07, 6.45) is 1.61. The van der Waals surface area contributed by atoms with Crippen LogP contribution in [0.5, 0.6) is 5.75 Å². The van der Waals surface area contributed by atoms with Gasteiger partial charge in [-0.05, 0) is 26.0 Å². The van der Waals surface area contributed by atoms with Gasteiger partial charge in [-0.3, -0.25) is 0 Å². The van der Waals surface area contributed by atoms with Crippen molar-refractivity contribution in [3.05, 3.63) is 41.7 Å². The van der Waals surface area contributed by atoms with E-state index in [9.17, 15) is 9.18 Å². The molecule has 0 atom stereocenters. The van der Waals surface area contributed by atoms with Crippen molar-refractivity contribution >= 4 is 5.97 Å². The number of para-hydroxylation sites is 1. The molecular formula is C11H11FO2. The Morgan fingerprint density at radius 1 is 1.43 bits per heavy atom. The summed E-state index contributed by atoms with van der Waals surface area (Å²) in [5, 5.41) is 0. The first-order valence-corrected chi connectivity index (χ1v) is 4.24. The van der Waals surface area contributed by atoms with E-state index in [1.165, 1.54) is 18.2 Å². The molecule has 3 heteroatoms. The lowest BCUT2D eigenvalue weighted by Crippen LogP contribution is -2.09. The van der Waals surface area contributed by atoms with Crippen LogP contribution in [0.3, 0.4) is 0 Å². The van der Waals surface area contributed by atoms with Crippen molar-refractivity contribution in [1.29, 1.82) is 0 Å². The minimum Gasteiger partial charge on any atom is -0.420 e. The van der Waals surface area contributed by atoms with Crippen LogP contribution in [-0.4, -0.2) is 5.97 Å². The Balaban J connectivity index is 2.80. The van der Waals surface area contributed by atoms with E-state index < -0.39 is 11.8 Å². The van der Waals surface area contributed by atoms with E-state index in [0.29, 0.717) is 5.57 Å². The largest absolute Gasteiger partial charge is 0.420 e. The predicted octanol–water partition coefficient (Wildman–Crippen LogP) is 2.70. The highest BCUT2D eigenvalue weighted by Gasteiger charge is 2.09. The number of hydrogen-bond acceptors (Lipinski definition) is 2. The Hall–Kier alpha value is -1.64. The predicted molar refractivity (Wildman–Crippen MR) is 51.5 cm³/mol. The van der Waals surface area contributed by atoms with Gasteiger partial charge in [0.25, 0.3) is 0 Å². The van der Waals surface area contributed by atoms with E-state index in [2.05, 4.69) is 0 Å². The summed E-state index contributed by atoms with van der Waals surface area (Å²) in [5.74, 6) is -1.11. The van der Waals surface area contributed by atoms with E-state index in [4.69, 9.17) is 4.74 Å². The number of rotatable bonds is 2. The third-order valence-electron chi connectivity index (χ3n) is 1.79. The number of allylic oxidation sites excluding steroid dienone is 1. The first-order chi connectivity index (χ1) is 6.65. The lowest BCUT2D eigenvalue weighted by Gasteiger charge is -2.04. The van der Waals surface area contributed by atoms with Gasteiger partial charge in [0, 0.05) is 5.57 Å². The zero-order chi connectivity index (χ0) is 10.6. The van der Waals surface area contributed by atoms with Gasteiger partial charge in [0.15, 0.2) is 11.6 Å². The molecular weight excluding hydrogens is 183 g/mol. The van der Waals surface area contributed by atoms with Gasteiger partial charge < -0.3 is 4.74 Å². The van der Waals surface area contributed by atoms with Crippen molar-refractivity contribution < 1.29 is 13.9 Å². The number of benzene rings is 1. The Bertz CT molecular complexity index is 369. The molecule has 0 saturated carbocycles. The van der Waals surface area contributed by atoms with Gasteiger partial charge in [0.2, 0.25) is 0 Å². The van der Waals surface area contributed by atoms with Crippen molar-refractivity contribution in [2.24, 2.45) is 0 Å². The molecule has 0 N–H and O–H groups in total. The molecule has 0 spiro atoms. The van der Waals surface area contributed by atoms with Crippen LogP contribution in [0.4, 0.5) is 4.39 Å². The molecule has 0 amide bonds. The molecule has 0 fully saturated rings. The minimum atomic E-state index is -0.537. The SMILES string of the molecule is CC=C(C)C(=O)Oc1ccccc1F. The third kappa shape index (κ3) is 2.42. The zero-order valence-corrected chi connectivity index (χ0v) is 8.08. The monoisotopic (exact) mass is 194 g/mol. The summed E-state index contributed by atoms with van der Waals surface area (Å²) in [6, 6.07) is 5.80. The van der Waals surface area contributed by atoms with E-state index in [1.54, 1.807) is 26.0 Å². The molecule has 0 bridgehead atoms. The van der Waals surface area contributed by atoms with Crippen LogP contribution < -0.4 is 4.74 Å². The van der Waals surface area contributed by atoms with Gasteiger partial charge in [-0.2, -0.15) is 0 Å². The zero-order valence-electron chi connectivity index (χ0n) is 8.08. The maximum atomic E-state index is 13.0. The fraction of sp³-hybridized carbons (Fsp3) is 0.182. The topological polar surface area (TPSA) is 26.3 Å². The number of esters is 1. The van der Waals surface area contributed by atoms with Crippen LogP contribution in [0, 0.1) is 5.82 Å². The molecule has 1 aromatic carbocycles. The summed E-state index contributed by atoms with van der Waals surface area (Å²) in [5.41, 5.74) is 0.452. The Kier molecular flexibility index (Phi) is 3.40. The van der Waals surface area contributed by atoms with Crippen LogP contribution in [0.25, 0.3) is 0 Å². The van der Waals surface area contributed by atoms with Gasteiger partial charge in [-0.25, -0.2) is 9.18 Å². The molecule has 0 aliphatic heterocycles. The minimum absolute atomic E-state index is 0.0429. The summed E-state index contributed by atoms with van der Waals surface area (Å²) in [4.78, 5) is 11.2. The molecule has 0 aromatic heterocycles. The second kappa shape index (κ2) is 4.56. The molecule has 0 heterocycles. The van der Waals surface area contributed by atoms with Crippen LogP contribution in [-0.2, 0) is 4.79 Å². The van der Waals surface area contributed by atoms with E-state index in [1.807, 2.05) is 0 Å². The van der Waals surface area contributed by atoms with Crippen LogP contribution in [0.1, 0.15) is 13.8 Å². The molecule has 14 heavy (non-hydrogen) atoms. The quantitative estimate of drug-likeness (QED) is 0.411. The van der Waals surface area contributed by atoms with Crippen LogP contribution in [0.15, 0.2) is 35.9 Å². The number of carbonyl (C=O) groups excluding carboxylic acids is 1. The fourth-order valence-corrected chi connectivity index (χ4v) is 0.826. The second-order valence-electron chi connectivity index (χ2n) is 2.79. The van der Waals surface area contributed by atoms with Gasteiger partial charge in [0.05, 0.1) is 0 Å². The Labute approximate surface area is 82.0 Å². The molecule has 1 rings (SSSR count).